The van der Waals surface area contributed by atoms with Gasteiger partial charge in [0.25, 0.3) is 21.8 Å². The number of amides is 1. The van der Waals surface area contributed by atoms with Crippen molar-refractivity contribution in [1.82, 2.24) is 15.1 Å². The molecule has 0 aliphatic heterocycles. The summed E-state index contributed by atoms with van der Waals surface area (Å²) >= 11 is 6.42. The summed E-state index contributed by atoms with van der Waals surface area (Å²) in [4.78, 5) is 20.3. The average molecular weight is 600 g/mol. The predicted molar refractivity (Wildman–Crippen MR) is 145 cm³/mol. The van der Waals surface area contributed by atoms with Gasteiger partial charge in [-0.3, -0.25) is 14.5 Å². The number of pyridine rings is 1. The van der Waals surface area contributed by atoms with Crippen LogP contribution >= 0.6 is 11.6 Å². The van der Waals surface area contributed by atoms with Gasteiger partial charge in [0.15, 0.2) is 0 Å². The van der Waals surface area contributed by atoms with E-state index in [9.17, 15) is 26.4 Å². The number of rotatable bonds is 7. The molecule has 208 valence electrons. The van der Waals surface area contributed by atoms with Gasteiger partial charge in [-0.05, 0) is 72.8 Å². The van der Waals surface area contributed by atoms with Gasteiger partial charge in [-0.2, -0.15) is 18.2 Å². The van der Waals surface area contributed by atoms with Crippen LogP contribution in [-0.2, 0) is 16.2 Å². The number of aromatic nitrogens is 3. The van der Waals surface area contributed by atoms with Crippen molar-refractivity contribution in [3.8, 4) is 22.8 Å². The summed E-state index contributed by atoms with van der Waals surface area (Å²) in [7, 11) is -4.18. The summed E-state index contributed by atoms with van der Waals surface area (Å²) in [6.07, 6.45) is -1.60. The second-order valence-corrected chi connectivity index (χ2v) is 10.6. The quantitative estimate of drug-likeness (QED) is 0.218. The van der Waals surface area contributed by atoms with Crippen molar-refractivity contribution in [3.63, 3.8) is 0 Å². The molecule has 5 rings (SSSR count). The Hall–Kier alpha value is -4.75. The van der Waals surface area contributed by atoms with Crippen molar-refractivity contribution in [1.29, 1.82) is 0 Å². The summed E-state index contributed by atoms with van der Waals surface area (Å²) < 4.78 is 71.6. The minimum absolute atomic E-state index is 0.0561. The fourth-order valence-electron chi connectivity index (χ4n) is 3.68. The fraction of sp³-hybridized carbons (Fsp3) is 0.0370. The molecule has 2 N–H and O–H groups in total. The third kappa shape index (κ3) is 6.36. The molecule has 0 radical (unpaired) electrons. The van der Waals surface area contributed by atoms with Gasteiger partial charge in [-0.15, -0.1) is 0 Å². The molecule has 0 saturated heterocycles. The molecular formula is C27H17ClF3N5O4S. The Labute approximate surface area is 236 Å². The Kier molecular flexibility index (Phi) is 7.47. The van der Waals surface area contributed by atoms with Gasteiger partial charge in [-0.1, -0.05) is 22.8 Å². The highest BCUT2D eigenvalue weighted by molar-refractivity contribution is 7.92. The summed E-state index contributed by atoms with van der Waals surface area (Å²) in [6, 6.07) is 17.2. The van der Waals surface area contributed by atoms with Crippen LogP contribution < -0.4 is 10.0 Å². The van der Waals surface area contributed by atoms with Crippen LogP contribution in [0.1, 0.15) is 15.9 Å². The van der Waals surface area contributed by atoms with Crippen molar-refractivity contribution in [2.45, 2.75) is 11.1 Å². The number of hydrogen-bond donors (Lipinski definition) is 2. The third-order valence-corrected chi connectivity index (χ3v) is 7.38. The molecule has 41 heavy (non-hydrogen) atoms. The van der Waals surface area contributed by atoms with Crippen LogP contribution in [0.3, 0.4) is 0 Å². The van der Waals surface area contributed by atoms with E-state index in [1.54, 1.807) is 36.5 Å². The van der Waals surface area contributed by atoms with Crippen molar-refractivity contribution < 1.29 is 30.9 Å². The zero-order valence-electron chi connectivity index (χ0n) is 20.6. The zero-order chi connectivity index (χ0) is 29.2. The minimum Gasteiger partial charge on any atom is -0.334 e. The smallest absolute Gasteiger partial charge is 0.334 e. The lowest BCUT2D eigenvalue weighted by molar-refractivity contribution is -0.137. The van der Waals surface area contributed by atoms with E-state index in [1.807, 2.05) is 0 Å². The van der Waals surface area contributed by atoms with Crippen LogP contribution in [-0.4, -0.2) is 29.4 Å². The Morgan fingerprint density at radius 2 is 1.71 bits per heavy atom. The number of anilines is 2. The topological polar surface area (TPSA) is 127 Å². The maximum absolute atomic E-state index is 12.8. The van der Waals surface area contributed by atoms with Crippen molar-refractivity contribution >= 4 is 38.9 Å². The van der Waals surface area contributed by atoms with E-state index in [0.717, 1.165) is 12.1 Å². The van der Waals surface area contributed by atoms with E-state index in [4.69, 9.17) is 16.1 Å². The number of halogens is 4. The number of nitrogens with zero attached hydrogens (tertiary/aromatic N) is 3. The molecule has 0 saturated carbocycles. The molecule has 3 aromatic carbocycles. The molecule has 0 fully saturated rings. The first kappa shape index (κ1) is 27.8. The second kappa shape index (κ2) is 11.0. The second-order valence-electron chi connectivity index (χ2n) is 8.52. The van der Waals surface area contributed by atoms with Gasteiger partial charge >= 0.3 is 6.18 Å². The molecule has 2 aromatic heterocycles. The fourth-order valence-corrected chi connectivity index (χ4v) is 4.99. The highest BCUT2D eigenvalue weighted by Gasteiger charge is 2.30. The molecule has 0 aliphatic rings. The summed E-state index contributed by atoms with van der Waals surface area (Å²) in [6.45, 7) is 0. The van der Waals surface area contributed by atoms with Gasteiger partial charge in [0.05, 0.1) is 21.0 Å². The largest absolute Gasteiger partial charge is 0.416 e. The Morgan fingerprint density at radius 3 is 2.39 bits per heavy atom. The number of alkyl halides is 3. The molecule has 14 heteroatoms. The molecule has 0 atom stereocenters. The molecule has 0 aliphatic carbocycles. The molecular weight excluding hydrogens is 583 g/mol. The Bertz CT molecular complexity index is 1830. The first-order valence-corrected chi connectivity index (χ1v) is 13.5. The van der Waals surface area contributed by atoms with E-state index in [0.29, 0.717) is 34.5 Å². The normalized spacial score (nSPS) is 11.7. The Morgan fingerprint density at radius 1 is 0.927 bits per heavy atom. The highest BCUT2D eigenvalue weighted by Crippen LogP contribution is 2.32. The van der Waals surface area contributed by atoms with E-state index < -0.39 is 21.8 Å². The van der Waals surface area contributed by atoms with Crippen LogP contribution in [0.25, 0.3) is 22.8 Å². The summed E-state index contributed by atoms with van der Waals surface area (Å²) in [5.41, 5.74) is 0.751. The summed E-state index contributed by atoms with van der Waals surface area (Å²) in [5.74, 6) is -0.163. The van der Waals surface area contributed by atoms with E-state index >= 15 is 0 Å². The monoisotopic (exact) mass is 599 g/mol. The van der Waals surface area contributed by atoms with Gasteiger partial charge in [0.2, 0.25) is 5.82 Å². The van der Waals surface area contributed by atoms with Crippen molar-refractivity contribution in [3.05, 3.63) is 107 Å². The van der Waals surface area contributed by atoms with Gasteiger partial charge in [0.1, 0.15) is 0 Å². The number of sulfonamides is 1. The van der Waals surface area contributed by atoms with Crippen molar-refractivity contribution in [2.75, 3.05) is 10.0 Å². The number of hydrogen-bond acceptors (Lipinski definition) is 7. The third-order valence-electron chi connectivity index (χ3n) is 5.67. The van der Waals surface area contributed by atoms with Crippen LogP contribution in [0.4, 0.5) is 24.5 Å². The number of carbonyl (C=O) groups is 1. The van der Waals surface area contributed by atoms with Crippen molar-refractivity contribution in [2.24, 2.45) is 0 Å². The van der Waals surface area contributed by atoms with E-state index in [1.165, 1.54) is 30.5 Å². The van der Waals surface area contributed by atoms with Gasteiger partial charge in [0, 0.05) is 34.9 Å². The number of carbonyl (C=O) groups excluding carboxylic acids is 1. The SMILES string of the molecule is O=C(Nc1ccc(-c2noc(-c3cccc(NS(=O)(=O)c4ccc(C(F)(F)F)cc4)c3)n2)c(Cl)c1)c1cccnc1. The first-order valence-electron chi connectivity index (χ1n) is 11.7. The van der Waals surface area contributed by atoms with E-state index in [2.05, 4.69) is 25.2 Å². The van der Waals surface area contributed by atoms with E-state index in [-0.39, 0.29) is 33.2 Å². The lowest BCUT2D eigenvalue weighted by atomic mass is 10.1. The first-order chi connectivity index (χ1) is 19.5. The molecule has 0 unspecified atom stereocenters. The number of nitrogens with one attached hydrogen (secondary N) is 2. The Balaban J connectivity index is 1.32. The molecule has 5 aromatic rings. The maximum Gasteiger partial charge on any atom is 0.416 e. The summed E-state index contributed by atoms with van der Waals surface area (Å²) in [5, 5.41) is 6.90. The van der Waals surface area contributed by atoms with Crippen LogP contribution in [0.2, 0.25) is 5.02 Å². The standard InChI is InChI=1S/C27H17ClF3N5O4S/c28-23-14-19(33-25(37)17-4-2-12-32-15-17)8-11-22(23)24-34-26(40-35-24)16-3-1-5-20(13-16)36-41(38,39)21-9-6-18(7-10-21)27(29,30)31/h1-15,36H,(H,33,37). The van der Waals surface area contributed by atoms with Gasteiger partial charge < -0.3 is 9.84 Å². The zero-order valence-corrected chi connectivity index (χ0v) is 22.1. The molecule has 0 bridgehead atoms. The van der Waals surface area contributed by atoms with Gasteiger partial charge in [-0.25, -0.2) is 8.42 Å². The predicted octanol–water partition coefficient (Wildman–Crippen LogP) is 6.52. The molecule has 9 nitrogen and oxygen atoms in total. The highest BCUT2D eigenvalue weighted by atomic mass is 35.5. The average Bonchev–Trinajstić information content (AvgIpc) is 3.43. The van der Waals surface area contributed by atoms with Crippen LogP contribution in [0, 0.1) is 0 Å². The number of benzene rings is 3. The van der Waals surface area contributed by atoms with Crippen LogP contribution in [0.15, 0.2) is 101 Å². The minimum atomic E-state index is -4.59. The lowest BCUT2D eigenvalue weighted by Crippen LogP contribution is -2.13. The molecule has 2 heterocycles. The lowest BCUT2D eigenvalue weighted by Gasteiger charge is -2.10. The van der Waals surface area contributed by atoms with Crippen LogP contribution in [0.5, 0.6) is 0 Å². The maximum atomic E-state index is 12.8. The molecule has 0 spiro atoms. The molecule has 1 amide bonds.